The van der Waals surface area contributed by atoms with Gasteiger partial charge in [-0.25, -0.2) is 0 Å². The van der Waals surface area contributed by atoms with Gasteiger partial charge in [-0.15, -0.1) is 0 Å². The molecule has 1 unspecified atom stereocenters. The van der Waals surface area contributed by atoms with Gasteiger partial charge in [0.05, 0.1) is 32.3 Å². The first kappa shape index (κ1) is 16.7. The average Bonchev–Trinajstić information content (AvgIpc) is 3.25. The molecule has 1 aliphatic heterocycles. The molecule has 0 radical (unpaired) electrons. The molecule has 128 valence electrons. The fraction of sp³-hybridized carbons (Fsp3) is 0.444. The maximum atomic E-state index is 11.9. The second kappa shape index (κ2) is 8.61. The van der Waals surface area contributed by atoms with E-state index in [0.29, 0.717) is 32.0 Å². The van der Waals surface area contributed by atoms with Crippen LogP contribution >= 0.6 is 0 Å². The van der Waals surface area contributed by atoms with Crippen molar-refractivity contribution in [3.63, 3.8) is 0 Å². The van der Waals surface area contributed by atoms with E-state index in [1.807, 2.05) is 36.5 Å². The number of amides is 1. The van der Waals surface area contributed by atoms with Crippen molar-refractivity contribution in [2.24, 2.45) is 0 Å². The minimum atomic E-state index is -0.0905. The van der Waals surface area contributed by atoms with Gasteiger partial charge in [0.2, 0.25) is 5.91 Å². The summed E-state index contributed by atoms with van der Waals surface area (Å²) in [5, 5.41) is 7.16. The second-order valence-corrected chi connectivity index (χ2v) is 5.89. The van der Waals surface area contributed by atoms with Gasteiger partial charge in [-0.2, -0.15) is 5.10 Å². The van der Waals surface area contributed by atoms with E-state index in [1.165, 1.54) is 5.56 Å². The third-order valence-corrected chi connectivity index (χ3v) is 3.90. The summed E-state index contributed by atoms with van der Waals surface area (Å²) in [6, 6.07) is 11.9. The molecule has 0 bridgehead atoms. The molecule has 24 heavy (non-hydrogen) atoms. The lowest BCUT2D eigenvalue weighted by molar-refractivity contribution is -0.117. The molecule has 2 aromatic rings. The number of ether oxygens (including phenoxy) is 2. The first-order valence-corrected chi connectivity index (χ1v) is 8.36. The summed E-state index contributed by atoms with van der Waals surface area (Å²) in [4.78, 5) is 11.9. The number of benzene rings is 1. The Morgan fingerprint density at radius 2 is 2.21 bits per heavy atom. The van der Waals surface area contributed by atoms with Crippen LogP contribution in [-0.4, -0.2) is 41.6 Å². The Morgan fingerprint density at radius 3 is 3.00 bits per heavy atom. The summed E-state index contributed by atoms with van der Waals surface area (Å²) in [5.41, 5.74) is 1.17. The van der Waals surface area contributed by atoms with Gasteiger partial charge in [0, 0.05) is 18.9 Å². The number of nitrogens with zero attached hydrogens (tertiary/aromatic N) is 2. The quantitative estimate of drug-likeness (QED) is 0.756. The van der Waals surface area contributed by atoms with Crippen LogP contribution in [0, 0.1) is 0 Å². The van der Waals surface area contributed by atoms with Crippen LogP contribution in [0.1, 0.15) is 24.8 Å². The molecule has 1 atom stereocenters. The molecule has 1 saturated heterocycles. The summed E-state index contributed by atoms with van der Waals surface area (Å²) >= 11 is 0. The summed E-state index contributed by atoms with van der Waals surface area (Å²) in [7, 11) is 0. The topological polar surface area (TPSA) is 65.4 Å². The average molecular weight is 329 g/mol. The highest BCUT2D eigenvalue weighted by molar-refractivity contribution is 5.89. The van der Waals surface area contributed by atoms with Gasteiger partial charge in [0.15, 0.2) is 5.82 Å². The third kappa shape index (κ3) is 5.18. The molecule has 6 nitrogen and oxygen atoms in total. The maximum Gasteiger partial charge on any atom is 0.227 e. The molecule has 6 heteroatoms. The number of hydrogen-bond acceptors (Lipinski definition) is 4. The fourth-order valence-electron chi connectivity index (χ4n) is 2.65. The van der Waals surface area contributed by atoms with Crippen molar-refractivity contribution in [1.29, 1.82) is 0 Å². The van der Waals surface area contributed by atoms with E-state index in [0.717, 1.165) is 19.4 Å². The summed E-state index contributed by atoms with van der Waals surface area (Å²) in [6.45, 7) is 2.47. The largest absolute Gasteiger partial charge is 0.378 e. The van der Waals surface area contributed by atoms with Gasteiger partial charge in [0.25, 0.3) is 0 Å². The van der Waals surface area contributed by atoms with Gasteiger partial charge in [0.1, 0.15) is 0 Å². The van der Waals surface area contributed by atoms with Crippen LogP contribution < -0.4 is 5.32 Å². The van der Waals surface area contributed by atoms with E-state index < -0.39 is 0 Å². The molecule has 1 aromatic heterocycles. The molecule has 1 amide bonds. The van der Waals surface area contributed by atoms with Crippen LogP contribution in [0.4, 0.5) is 5.82 Å². The van der Waals surface area contributed by atoms with Crippen molar-refractivity contribution < 1.29 is 14.3 Å². The zero-order valence-corrected chi connectivity index (χ0v) is 13.7. The molecule has 0 aliphatic carbocycles. The fourth-order valence-corrected chi connectivity index (χ4v) is 2.65. The standard InChI is InChI=1S/C18H23N3O3/c22-18(9-12-23-14-16-7-4-11-24-16)19-17-8-10-21(20-17)13-15-5-2-1-3-6-15/h1-3,5-6,8,10,16H,4,7,9,11-14H2,(H,19,20,22). The summed E-state index contributed by atoms with van der Waals surface area (Å²) < 4.78 is 12.8. The Balaban J connectivity index is 1.37. The third-order valence-electron chi connectivity index (χ3n) is 3.90. The zero-order chi connectivity index (χ0) is 16.6. The van der Waals surface area contributed by atoms with E-state index in [2.05, 4.69) is 10.4 Å². The number of nitrogens with one attached hydrogen (secondary N) is 1. The van der Waals surface area contributed by atoms with E-state index in [9.17, 15) is 4.79 Å². The molecule has 1 aromatic carbocycles. The molecule has 0 spiro atoms. The van der Waals surface area contributed by atoms with Crippen molar-refractivity contribution in [2.45, 2.75) is 31.9 Å². The molecule has 1 N–H and O–H groups in total. The van der Waals surface area contributed by atoms with Gasteiger partial charge in [-0.1, -0.05) is 30.3 Å². The van der Waals surface area contributed by atoms with Gasteiger partial charge in [-0.05, 0) is 18.4 Å². The Hall–Kier alpha value is -2.18. The second-order valence-electron chi connectivity index (χ2n) is 5.89. The SMILES string of the molecule is O=C(CCOCC1CCCO1)Nc1ccn(Cc2ccccc2)n1. The number of aromatic nitrogens is 2. The Labute approximate surface area is 141 Å². The Bertz CT molecular complexity index is 636. The number of carbonyl (C=O) groups excluding carboxylic acids is 1. The van der Waals surface area contributed by atoms with Crippen LogP contribution in [0.25, 0.3) is 0 Å². The lowest BCUT2D eigenvalue weighted by atomic mass is 10.2. The number of rotatable bonds is 8. The maximum absolute atomic E-state index is 11.9. The van der Waals surface area contributed by atoms with Crippen LogP contribution in [0.2, 0.25) is 0 Å². The van der Waals surface area contributed by atoms with Crippen LogP contribution in [0.3, 0.4) is 0 Å². The van der Waals surface area contributed by atoms with E-state index in [1.54, 1.807) is 10.7 Å². The van der Waals surface area contributed by atoms with Gasteiger partial charge < -0.3 is 14.8 Å². The van der Waals surface area contributed by atoms with Crippen molar-refractivity contribution >= 4 is 11.7 Å². The number of hydrogen-bond donors (Lipinski definition) is 1. The molecular weight excluding hydrogens is 306 g/mol. The van der Waals surface area contributed by atoms with E-state index in [4.69, 9.17) is 9.47 Å². The summed E-state index contributed by atoms with van der Waals surface area (Å²) in [6.07, 6.45) is 4.52. The lowest BCUT2D eigenvalue weighted by Crippen LogP contribution is -2.18. The summed E-state index contributed by atoms with van der Waals surface area (Å²) in [5.74, 6) is 0.474. The lowest BCUT2D eigenvalue weighted by Gasteiger charge is -2.09. The highest BCUT2D eigenvalue weighted by Gasteiger charge is 2.15. The van der Waals surface area contributed by atoms with E-state index >= 15 is 0 Å². The first-order chi connectivity index (χ1) is 11.8. The monoisotopic (exact) mass is 329 g/mol. The molecule has 2 heterocycles. The predicted molar refractivity (Wildman–Crippen MR) is 90.8 cm³/mol. The van der Waals surface area contributed by atoms with E-state index in [-0.39, 0.29) is 12.0 Å². The molecule has 3 rings (SSSR count). The van der Waals surface area contributed by atoms with Crippen LogP contribution in [-0.2, 0) is 20.8 Å². The highest BCUT2D eigenvalue weighted by atomic mass is 16.5. The molecule has 1 fully saturated rings. The van der Waals surface area contributed by atoms with Crippen LogP contribution in [0.5, 0.6) is 0 Å². The van der Waals surface area contributed by atoms with Gasteiger partial charge >= 0.3 is 0 Å². The normalized spacial score (nSPS) is 17.1. The molecule has 0 saturated carbocycles. The van der Waals surface area contributed by atoms with Gasteiger partial charge in [-0.3, -0.25) is 9.48 Å². The Morgan fingerprint density at radius 1 is 1.33 bits per heavy atom. The van der Waals surface area contributed by atoms with Crippen molar-refractivity contribution in [2.75, 3.05) is 25.1 Å². The predicted octanol–water partition coefficient (Wildman–Crippen LogP) is 2.46. The Kier molecular flexibility index (Phi) is 5.98. The minimum Gasteiger partial charge on any atom is -0.378 e. The molecular formula is C18H23N3O3. The van der Waals surface area contributed by atoms with Crippen molar-refractivity contribution in [1.82, 2.24) is 9.78 Å². The first-order valence-electron chi connectivity index (χ1n) is 8.36. The minimum absolute atomic E-state index is 0.0905. The highest BCUT2D eigenvalue weighted by Crippen LogP contribution is 2.12. The van der Waals surface area contributed by atoms with Crippen molar-refractivity contribution in [3.05, 3.63) is 48.2 Å². The number of carbonyl (C=O) groups is 1. The molecule has 1 aliphatic rings. The van der Waals surface area contributed by atoms with Crippen LogP contribution in [0.15, 0.2) is 42.6 Å². The smallest absolute Gasteiger partial charge is 0.227 e. The zero-order valence-electron chi connectivity index (χ0n) is 13.7. The van der Waals surface area contributed by atoms with Crippen molar-refractivity contribution in [3.8, 4) is 0 Å². The number of anilines is 1.